The summed E-state index contributed by atoms with van der Waals surface area (Å²) in [7, 11) is 0. The van der Waals surface area contributed by atoms with Gasteiger partial charge in [-0.15, -0.1) is 0 Å². The number of hydrogen-bond donors (Lipinski definition) is 2. The van der Waals surface area contributed by atoms with E-state index in [1.54, 1.807) is 0 Å². The number of benzene rings is 1. The van der Waals surface area contributed by atoms with E-state index in [9.17, 15) is 9.59 Å². The fraction of sp³-hybridized carbons (Fsp3) is 0.385. The van der Waals surface area contributed by atoms with Crippen LogP contribution >= 0.6 is 0 Å². The number of amides is 2. The molecule has 0 atom stereocenters. The average molecular weight is 234 g/mol. The van der Waals surface area contributed by atoms with Gasteiger partial charge < -0.3 is 11.1 Å². The molecule has 0 radical (unpaired) electrons. The Morgan fingerprint density at radius 1 is 1.24 bits per heavy atom. The number of hydrogen-bond acceptors (Lipinski definition) is 2. The second-order valence-corrected chi connectivity index (χ2v) is 5.10. The lowest BCUT2D eigenvalue weighted by molar-refractivity contribution is -0.134. The van der Waals surface area contributed by atoms with Crippen LogP contribution in [0.1, 0.15) is 31.9 Å². The van der Waals surface area contributed by atoms with Crippen LogP contribution in [0.5, 0.6) is 0 Å². The highest BCUT2D eigenvalue weighted by atomic mass is 16.2. The number of primary amides is 1. The summed E-state index contributed by atoms with van der Waals surface area (Å²) < 4.78 is 0. The van der Waals surface area contributed by atoms with Crippen LogP contribution in [0.25, 0.3) is 0 Å². The Balaban J connectivity index is 3.07. The zero-order valence-electron chi connectivity index (χ0n) is 10.6. The molecule has 17 heavy (non-hydrogen) atoms. The summed E-state index contributed by atoms with van der Waals surface area (Å²) in [6, 6.07) is 5.79. The van der Waals surface area contributed by atoms with Crippen molar-refractivity contribution in [2.45, 2.75) is 33.1 Å². The smallest absolute Gasteiger partial charge is 0.313 e. The fourth-order valence-corrected chi connectivity index (χ4v) is 1.41. The number of anilines is 1. The van der Waals surface area contributed by atoms with Gasteiger partial charge in [-0.05, 0) is 29.5 Å². The Labute approximate surface area is 101 Å². The van der Waals surface area contributed by atoms with Crippen molar-refractivity contribution in [1.29, 1.82) is 0 Å². The van der Waals surface area contributed by atoms with Crippen molar-refractivity contribution in [2.24, 2.45) is 5.73 Å². The molecule has 0 saturated heterocycles. The van der Waals surface area contributed by atoms with Crippen LogP contribution < -0.4 is 11.1 Å². The van der Waals surface area contributed by atoms with Crippen molar-refractivity contribution in [1.82, 2.24) is 0 Å². The summed E-state index contributed by atoms with van der Waals surface area (Å²) >= 11 is 0. The van der Waals surface area contributed by atoms with E-state index in [4.69, 9.17) is 5.73 Å². The molecule has 0 saturated carbocycles. The third-order valence-electron chi connectivity index (χ3n) is 2.58. The summed E-state index contributed by atoms with van der Waals surface area (Å²) in [6.07, 6.45) is 0. The molecule has 1 aromatic carbocycles. The molecular weight excluding hydrogens is 216 g/mol. The van der Waals surface area contributed by atoms with Crippen LogP contribution in [0, 0.1) is 6.92 Å². The summed E-state index contributed by atoms with van der Waals surface area (Å²) in [4.78, 5) is 21.9. The minimum absolute atomic E-state index is 0.0140. The van der Waals surface area contributed by atoms with Crippen molar-refractivity contribution in [2.75, 3.05) is 5.32 Å². The van der Waals surface area contributed by atoms with Crippen LogP contribution in [0.2, 0.25) is 0 Å². The Hall–Kier alpha value is -1.84. The van der Waals surface area contributed by atoms with Crippen LogP contribution in [0.4, 0.5) is 5.69 Å². The maximum Gasteiger partial charge on any atom is 0.313 e. The maximum atomic E-state index is 11.2. The second-order valence-electron chi connectivity index (χ2n) is 5.10. The number of aryl methyl sites for hydroxylation is 1. The predicted molar refractivity (Wildman–Crippen MR) is 67.7 cm³/mol. The molecule has 0 fully saturated rings. The van der Waals surface area contributed by atoms with E-state index in [1.165, 1.54) is 0 Å². The summed E-state index contributed by atoms with van der Waals surface area (Å²) in [6.45, 7) is 8.11. The molecule has 0 aliphatic carbocycles. The average Bonchev–Trinajstić information content (AvgIpc) is 2.19. The molecule has 0 spiro atoms. The van der Waals surface area contributed by atoms with Gasteiger partial charge in [-0.25, -0.2) is 0 Å². The van der Waals surface area contributed by atoms with Crippen molar-refractivity contribution in [3.8, 4) is 0 Å². The Bertz CT molecular complexity index is 459. The number of carbonyl (C=O) groups is 2. The van der Waals surface area contributed by atoms with Gasteiger partial charge in [0.15, 0.2) is 0 Å². The van der Waals surface area contributed by atoms with Gasteiger partial charge in [-0.1, -0.05) is 32.9 Å². The minimum Gasteiger partial charge on any atom is -0.361 e. The summed E-state index contributed by atoms with van der Waals surface area (Å²) in [5.41, 5.74) is 7.50. The minimum atomic E-state index is -0.981. The highest BCUT2D eigenvalue weighted by Crippen LogP contribution is 2.26. The van der Waals surface area contributed by atoms with E-state index in [2.05, 4.69) is 26.1 Å². The zero-order chi connectivity index (χ0) is 13.2. The van der Waals surface area contributed by atoms with Gasteiger partial charge >= 0.3 is 11.8 Å². The normalized spacial score (nSPS) is 11.1. The van der Waals surface area contributed by atoms with Crippen LogP contribution in [-0.4, -0.2) is 11.8 Å². The first-order valence-corrected chi connectivity index (χ1v) is 5.43. The third-order valence-corrected chi connectivity index (χ3v) is 2.58. The molecule has 0 aliphatic rings. The molecule has 0 unspecified atom stereocenters. The van der Waals surface area contributed by atoms with E-state index < -0.39 is 11.8 Å². The molecule has 0 aliphatic heterocycles. The number of nitrogens with one attached hydrogen (secondary N) is 1. The third kappa shape index (κ3) is 3.31. The topological polar surface area (TPSA) is 72.2 Å². The SMILES string of the molecule is Cc1ccc(C(C)(C)C)cc1NC(=O)C(N)=O. The van der Waals surface area contributed by atoms with Gasteiger partial charge in [0.05, 0.1) is 0 Å². The van der Waals surface area contributed by atoms with Crippen LogP contribution in [0.3, 0.4) is 0 Å². The van der Waals surface area contributed by atoms with Gasteiger partial charge in [0.2, 0.25) is 0 Å². The lowest BCUT2D eigenvalue weighted by atomic mass is 9.86. The van der Waals surface area contributed by atoms with Gasteiger partial charge in [0.1, 0.15) is 0 Å². The molecule has 0 heterocycles. The molecule has 0 aromatic heterocycles. The van der Waals surface area contributed by atoms with Crippen molar-refractivity contribution < 1.29 is 9.59 Å². The maximum absolute atomic E-state index is 11.2. The molecule has 1 rings (SSSR count). The number of carbonyl (C=O) groups excluding carboxylic acids is 2. The molecule has 3 N–H and O–H groups in total. The van der Waals surface area contributed by atoms with Gasteiger partial charge in [-0.2, -0.15) is 0 Å². The first-order valence-electron chi connectivity index (χ1n) is 5.43. The quantitative estimate of drug-likeness (QED) is 0.726. The summed E-state index contributed by atoms with van der Waals surface area (Å²) in [5, 5.41) is 2.51. The monoisotopic (exact) mass is 234 g/mol. The van der Waals surface area contributed by atoms with E-state index >= 15 is 0 Å². The van der Waals surface area contributed by atoms with E-state index in [1.807, 2.05) is 25.1 Å². The van der Waals surface area contributed by atoms with Crippen molar-refractivity contribution >= 4 is 17.5 Å². The van der Waals surface area contributed by atoms with E-state index in [0.29, 0.717) is 5.69 Å². The molecule has 4 nitrogen and oxygen atoms in total. The lowest BCUT2D eigenvalue weighted by Crippen LogP contribution is -2.30. The van der Waals surface area contributed by atoms with Crippen molar-refractivity contribution in [3.63, 3.8) is 0 Å². The van der Waals surface area contributed by atoms with Gasteiger partial charge in [-0.3, -0.25) is 9.59 Å². The number of nitrogens with two attached hydrogens (primary N) is 1. The molecule has 1 aromatic rings. The number of rotatable bonds is 1. The van der Waals surface area contributed by atoms with Gasteiger partial charge in [0.25, 0.3) is 0 Å². The second kappa shape index (κ2) is 4.57. The van der Waals surface area contributed by atoms with Crippen LogP contribution in [0.15, 0.2) is 18.2 Å². The van der Waals surface area contributed by atoms with Crippen molar-refractivity contribution in [3.05, 3.63) is 29.3 Å². The van der Waals surface area contributed by atoms with E-state index in [-0.39, 0.29) is 5.41 Å². The molecule has 0 bridgehead atoms. The van der Waals surface area contributed by atoms with Gasteiger partial charge in [0, 0.05) is 5.69 Å². The lowest BCUT2D eigenvalue weighted by Gasteiger charge is -2.20. The predicted octanol–water partition coefficient (Wildman–Crippen LogP) is 1.72. The fourth-order valence-electron chi connectivity index (χ4n) is 1.41. The Kier molecular flexibility index (Phi) is 3.56. The van der Waals surface area contributed by atoms with E-state index in [0.717, 1.165) is 11.1 Å². The van der Waals surface area contributed by atoms with Crippen LogP contribution in [-0.2, 0) is 15.0 Å². The largest absolute Gasteiger partial charge is 0.361 e. The molecule has 4 heteroatoms. The standard InChI is InChI=1S/C13H18N2O2/c1-8-5-6-9(13(2,3)4)7-10(8)15-12(17)11(14)16/h5-7H,1-4H3,(H2,14,16)(H,15,17). The summed E-state index contributed by atoms with van der Waals surface area (Å²) in [5.74, 6) is -1.77. The molecule has 92 valence electrons. The first-order chi connectivity index (χ1) is 7.71. The highest BCUT2D eigenvalue weighted by molar-refractivity contribution is 6.39. The first kappa shape index (κ1) is 13.2. The zero-order valence-corrected chi connectivity index (χ0v) is 10.6. The molecule has 2 amide bonds. The molecular formula is C13H18N2O2. The Morgan fingerprint density at radius 2 is 1.82 bits per heavy atom. The Morgan fingerprint density at radius 3 is 2.29 bits per heavy atom. The highest BCUT2D eigenvalue weighted by Gasteiger charge is 2.16.